The van der Waals surface area contributed by atoms with Gasteiger partial charge in [-0.15, -0.1) is 0 Å². The molecule has 0 saturated carbocycles. The van der Waals surface area contributed by atoms with Crippen LogP contribution >= 0.6 is 0 Å². The maximum atomic E-state index is 11.4. The molecule has 19 heavy (non-hydrogen) atoms. The summed E-state index contributed by atoms with van der Waals surface area (Å²) in [6, 6.07) is 5.29. The molecule has 0 spiro atoms. The summed E-state index contributed by atoms with van der Waals surface area (Å²) >= 11 is 0. The first-order valence-corrected chi connectivity index (χ1v) is 7.94. The quantitative estimate of drug-likeness (QED) is 0.849. The lowest BCUT2D eigenvalue weighted by Gasteiger charge is -2.19. The number of rotatable bonds is 3. The second-order valence-electron chi connectivity index (χ2n) is 5.02. The van der Waals surface area contributed by atoms with E-state index in [0.29, 0.717) is 11.3 Å². The minimum Gasteiger partial charge on any atom is -0.486 e. The molecule has 0 aromatic heterocycles. The fourth-order valence-electron chi connectivity index (χ4n) is 2.17. The number of aliphatic hydroxyl groups excluding tert-OH is 2. The topological polar surface area (TPSA) is 83.8 Å². The molecule has 106 valence electrons. The van der Waals surface area contributed by atoms with Gasteiger partial charge in [-0.1, -0.05) is 11.6 Å². The van der Waals surface area contributed by atoms with E-state index in [-0.39, 0.29) is 11.5 Å². The Balaban J connectivity index is 2.25. The Morgan fingerprint density at radius 2 is 2.05 bits per heavy atom. The van der Waals surface area contributed by atoms with Gasteiger partial charge in [0.25, 0.3) is 0 Å². The van der Waals surface area contributed by atoms with Gasteiger partial charge in [-0.2, -0.15) is 0 Å². The summed E-state index contributed by atoms with van der Waals surface area (Å²) in [6.07, 6.45) is -2.51. The zero-order chi connectivity index (χ0) is 14.2. The average Bonchev–Trinajstić information content (AvgIpc) is 2.54. The van der Waals surface area contributed by atoms with Gasteiger partial charge in [-0.3, -0.25) is 0 Å². The van der Waals surface area contributed by atoms with Crippen LogP contribution in [-0.2, 0) is 9.84 Å². The Kier molecular flexibility index (Phi) is 3.85. The number of hydrogen-bond donors (Lipinski definition) is 2. The SMILES string of the molecule is Cc1ccc(OC2CS(=O)(=O)CC2O)c([C@@H](C)O)c1. The first kappa shape index (κ1) is 14.3. The molecule has 1 aliphatic heterocycles. The van der Waals surface area contributed by atoms with Gasteiger partial charge in [0.1, 0.15) is 18.0 Å². The van der Waals surface area contributed by atoms with Crippen molar-refractivity contribution in [2.45, 2.75) is 32.2 Å². The number of sulfone groups is 1. The Morgan fingerprint density at radius 1 is 1.37 bits per heavy atom. The summed E-state index contributed by atoms with van der Waals surface area (Å²) in [4.78, 5) is 0. The highest BCUT2D eigenvalue weighted by Crippen LogP contribution is 2.29. The van der Waals surface area contributed by atoms with Crippen LogP contribution in [0.3, 0.4) is 0 Å². The molecular formula is C13H18O5S. The van der Waals surface area contributed by atoms with Crippen molar-refractivity contribution >= 4 is 9.84 Å². The van der Waals surface area contributed by atoms with Gasteiger partial charge in [0.05, 0.1) is 17.6 Å². The van der Waals surface area contributed by atoms with Crippen LogP contribution in [-0.4, -0.2) is 42.3 Å². The third kappa shape index (κ3) is 3.26. The smallest absolute Gasteiger partial charge is 0.156 e. The van der Waals surface area contributed by atoms with E-state index in [1.165, 1.54) is 0 Å². The number of aryl methyl sites for hydroxylation is 1. The highest BCUT2D eigenvalue weighted by atomic mass is 32.2. The van der Waals surface area contributed by atoms with E-state index >= 15 is 0 Å². The Bertz CT molecular complexity index is 564. The fourth-order valence-corrected chi connectivity index (χ4v) is 3.84. The number of ether oxygens (including phenoxy) is 1. The molecule has 1 fully saturated rings. The van der Waals surface area contributed by atoms with Crippen molar-refractivity contribution in [1.29, 1.82) is 0 Å². The largest absolute Gasteiger partial charge is 0.486 e. The summed E-state index contributed by atoms with van der Waals surface area (Å²) < 4.78 is 28.4. The van der Waals surface area contributed by atoms with Crippen molar-refractivity contribution in [3.05, 3.63) is 29.3 Å². The zero-order valence-electron chi connectivity index (χ0n) is 10.9. The second kappa shape index (κ2) is 5.11. The van der Waals surface area contributed by atoms with Crippen LogP contribution in [0.5, 0.6) is 5.75 Å². The van der Waals surface area contributed by atoms with Crippen molar-refractivity contribution in [2.75, 3.05) is 11.5 Å². The predicted octanol–water partition coefficient (Wildman–Crippen LogP) is 0.585. The second-order valence-corrected chi connectivity index (χ2v) is 7.17. The van der Waals surface area contributed by atoms with Crippen molar-refractivity contribution in [3.8, 4) is 5.75 Å². The molecule has 6 heteroatoms. The maximum Gasteiger partial charge on any atom is 0.156 e. The highest BCUT2D eigenvalue weighted by molar-refractivity contribution is 7.91. The molecule has 1 saturated heterocycles. The van der Waals surface area contributed by atoms with E-state index in [1.54, 1.807) is 19.1 Å². The summed E-state index contributed by atoms with van der Waals surface area (Å²) in [5.74, 6) is -0.0452. The third-order valence-corrected chi connectivity index (χ3v) is 4.85. The van der Waals surface area contributed by atoms with Gasteiger partial charge in [0, 0.05) is 5.56 Å². The Hall–Kier alpha value is -1.11. The van der Waals surface area contributed by atoms with Crippen molar-refractivity contribution < 1.29 is 23.4 Å². The zero-order valence-corrected chi connectivity index (χ0v) is 11.7. The van der Waals surface area contributed by atoms with E-state index in [0.717, 1.165) is 5.56 Å². The molecule has 1 aromatic rings. The summed E-state index contributed by atoms with van der Waals surface area (Å²) in [5, 5.41) is 19.4. The summed E-state index contributed by atoms with van der Waals surface area (Å²) in [5.41, 5.74) is 1.57. The lowest BCUT2D eigenvalue weighted by molar-refractivity contribution is 0.0707. The van der Waals surface area contributed by atoms with Gasteiger partial charge in [-0.25, -0.2) is 8.42 Å². The highest BCUT2D eigenvalue weighted by Gasteiger charge is 2.38. The van der Waals surface area contributed by atoms with Crippen LogP contribution in [0.2, 0.25) is 0 Å². The molecular weight excluding hydrogens is 268 g/mol. The molecule has 0 amide bonds. The molecule has 0 radical (unpaired) electrons. The standard InChI is InChI=1S/C13H18O5S/c1-8-3-4-12(10(5-8)9(2)14)18-13-7-19(16,17)6-11(13)15/h3-5,9,11,13-15H,6-7H2,1-2H3/t9-,11?,13?/m1/s1. The lowest BCUT2D eigenvalue weighted by Crippen LogP contribution is -2.30. The summed E-state index contributed by atoms with van der Waals surface area (Å²) in [7, 11) is -3.24. The van der Waals surface area contributed by atoms with Gasteiger partial charge >= 0.3 is 0 Å². The minimum absolute atomic E-state index is 0.193. The van der Waals surface area contributed by atoms with E-state index in [9.17, 15) is 18.6 Å². The normalized spacial score (nSPS) is 27.2. The van der Waals surface area contributed by atoms with Crippen LogP contribution in [0.25, 0.3) is 0 Å². The van der Waals surface area contributed by atoms with E-state index < -0.39 is 28.1 Å². The van der Waals surface area contributed by atoms with Crippen molar-refractivity contribution in [1.82, 2.24) is 0 Å². The Labute approximate surface area is 112 Å². The average molecular weight is 286 g/mol. The van der Waals surface area contributed by atoms with Gasteiger partial charge in [0.15, 0.2) is 9.84 Å². The molecule has 2 rings (SSSR count). The van der Waals surface area contributed by atoms with Gasteiger partial charge in [-0.05, 0) is 26.0 Å². The van der Waals surface area contributed by atoms with Gasteiger partial charge < -0.3 is 14.9 Å². The van der Waals surface area contributed by atoms with Crippen molar-refractivity contribution in [3.63, 3.8) is 0 Å². The maximum absolute atomic E-state index is 11.4. The Morgan fingerprint density at radius 3 is 2.58 bits per heavy atom. The minimum atomic E-state index is -3.24. The van der Waals surface area contributed by atoms with Crippen LogP contribution < -0.4 is 4.74 Å². The fraction of sp³-hybridized carbons (Fsp3) is 0.538. The number of hydrogen-bond acceptors (Lipinski definition) is 5. The molecule has 1 aliphatic rings. The van der Waals surface area contributed by atoms with E-state index in [2.05, 4.69) is 0 Å². The van der Waals surface area contributed by atoms with Gasteiger partial charge in [0.2, 0.25) is 0 Å². The van der Waals surface area contributed by atoms with E-state index in [4.69, 9.17) is 4.74 Å². The molecule has 1 aromatic carbocycles. The van der Waals surface area contributed by atoms with Crippen molar-refractivity contribution in [2.24, 2.45) is 0 Å². The first-order valence-electron chi connectivity index (χ1n) is 6.12. The molecule has 1 heterocycles. The molecule has 3 atom stereocenters. The van der Waals surface area contributed by atoms with Crippen LogP contribution in [0.15, 0.2) is 18.2 Å². The summed E-state index contributed by atoms with van der Waals surface area (Å²) in [6.45, 7) is 3.51. The van der Waals surface area contributed by atoms with Crippen LogP contribution in [0, 0.1) is 6.92 Å². The molecule has 2 unspecified atom stereocenters. The molecule has 0 bridgehead atoms. The number of benzene rings is 1. The molecule has 2 N–H and O–H groups in total. The predicted molar refractivity (Wildman–Crippen MR) is 70.9 cm³/mol. The van der Waals surface area contributed by atoms with E-state index in [1.807, 2.05) is 13.0 Å². The third-order valence-electron chi connectivity index (χ3n) is 3.17. The molecule has 5 nitrogen and oxygen atoms in total. The van der Waals surface area contributed by atoms with Crippen LogP contribution in [0.1, 0.15) is 24.2 Å². The lowest BCUT2D eigenvalue weighted by atomic mass is 10.1. The van der Waals surface area contributed by atoms with Crippen LogP contribution in [0.4, 0.5) is 0 Å². The monoisotopic (exact) mass is 286 g/mol. The first-order chi connectivity index (χ1) is 8.78. The molecule has 0 aliphatic carbocycles. The number of aliphatic hydroxyl groups is 2.